The van der Waals surface area contributed by atoms with Crippen molar-refractivity contribution in [2.24, 2.45) is 0 Å². The van der Waals surface area contributed by atoms with Gasteiger partial charge in [-0.25, -0.2) is 5.06 Å². The molecule has 0 unspecified atom stereocenters. The number of carbonyl (C=O) groups is 1. The van der Waals surface area contributed by atoms with Gasteiger partial charge in [0.25, 0.3) is 5.91 Å². The third kappa shape index (κ3) is 3.09. The zero-order chi connectivity index (χ0) is 9.84. The molecule has 1 N–H and O–H groups in total. The van der Waals surface area contributed by atoms with Crippen molar-refractivity contribution < 1.29 is 14.4 Å². The van der Waals surface area contributed by atoms with Gasteiger partial charge in [-0.2, -0.15) is 0 Å². The van der Waals surface area contributed by atoms with E-state index in [4.69, 9.17) is 9.57 Å². The Kier molecular flexibility index (Phi) is 6.03. The lowest BCUT2D eigenvalue weighted by Gasteiger charge is -2.31. The molecule has 1 saturated heterocycles. The second-order valence-electron chi connectivity index (χ2n) is 3.03. The minimum Gasteiger partial charge on any atom is -0.375 e. The molecule has 0 aliphatic carbocycles. The zero-order valence-corrected chi connectivity index (χ0v) is 9.47. The third-order valence-electron chi connectivity index (χ3n) is 2.17. The van der Waals surface area contributed by atoms with Crippen molar-refractivity contribution in [3.05, 3.63) is 0 Å². The van der Waals surface area contributed by atoms with Gasteiger partial charge in [0.2, 0.25) is 0 Å². The lowest BCUT2D eigenvalue weighted by molar-refractivity contribution is -0.176. The fraction of sp³-hybridized carbons (Fsp3) is 0.875. The van der Waals surface area contributed by atoms with Gasteiger partial charge in [-0.3, -0.25) is 9.63 Å². The SMILES string of the molecule is CON(C)C(=O)[C@H]1NCCO[C@@H]1C.Cl. The van der Waals surface area contributed by atoms with Crippen molar-refractivity contribution in [2.75, 3.05) is 27.3 Å². The number of morpholine rings is 1. The van der Waals surface area contributed by atoms with Crippen molar-refractivity contribution >= 4 is 18.3 Å². The first-order valence-electron chi connectivity index (χ1n) is 4.33. The highest BCUT2D eigenvalue weighted by molar-refractivity contribution is 5.85. The summed E-state index contributed by atoms with van der Waals surface area (Å²) in [4.78, 5) is 16.4. The van der Waals surface area contributed by atoms with Crippen molar-refractivity contribution in [1.82, 2.24) is 10.4 Å². The van der Waals surface area contributed by atoms with Gasteiger partial charge in [0.05, 0.1) is 19.8 Å². The summed E-state index contributed by atoms with van der Waals surface area (Å²) in [6.07, 6.45) is -0.0983. The summed E-state index contributed by atoms with van der Waals surface area (Å²) in [6, 6.07) is -0.293. The quantitative estimate of drug-likeness (QED) is 0.661. The molecule has 1 heterocycles. The van der Waals surface area contributed by atoms with Crippen LogP contribution in [0.1, 0.15) is 6.92 Å². The Balaban J connectivity index is 0.00000169. The number of nitrogens with one attached hydrogen (secondary N) is 1. The van der Waals surface area contributed by atoms with Crippen molar-refractivity contribution in [2.45, 2.75) is 19.1 Å². The molecule has 14 heavy (non-hydrogen) atoms. The molecular weight excluding hydrogens is 208 g/mol. The molecule has 6 heteroatoms. The first-order chi connectivity index (χ1) is 6.16. The average Bonchev–Trinajstić information content (AvgIpc) is 2.16. The number of amides is 1. The number of ether oxygens (including phenoxy) is 1. The number of carbonyl (C=O) groups excluding carboxylic acids is 1. The summed E-state index contributed by atoms with van der Waals surface area (Å²) in [5.41, 5.74) is 0. The van der Waals surface area contributed by atoms with E-state index in [1.807, 2.05) is 6.92 Å². The molecule has 0 saturated carbocycles. The average molecular weight is 225 g/mol. The summed E-state index contributed by atoms with van der Waals surface area (Å²) in [7, 11) is 3.05. The second kappa shape index (κ2) is 6.19. The molecule has 0 aromatic rings. The standard InChI is InChI=1S/C8H16N2O3.ClH/c1-6-7(9-4-5-13-6)8(11)10(2)12-3;/h6-7,9H,4-5H2,1-3H3;1H/t6-,7+;/m1./s1. The van der Waals surface area contributed by atoms with Crippen molar-refractivity contribution in [3.63, 3.8) is 0 Å². The Hall–Kier alpha value is -0.360. The van der Waals surface area contributed by atoms with Crippen LogP contribution in [-0.4, -0.2) is 50.4 Å². The number of likely N-dealkylation sites (N-methyl/N-ethyl adjacent to an activating group) is 1. The Bertz CT molecular complexity index is 191. The van der Waals surface area contributed by atoms with Gasteiger partial charge in [0.15, 0.2) is 0 Å². The van der Waals surface area contributed by atoms with Crippen LogP contribution in [0.3, 0.4) is 0 Å². The summed E-state index contributed by atoms with van der Waals surface area (Å²) >= 11 is 0. The number of hydrogen-bond donors (Lipinski definition) is 1. The van der Waals surface area contributed by atoms with Crippen LogP contribution in [0.5, 0.6) is 0 Å². The lowest BCUT2D eigenvalue weighted by Crippen LogP contribution is -2.55. The van der Waals surface area contributed by atoms with Gasteiger partial charge in [-0.15, -0.1) is 12.4 Å². The number of rotatable bonds is 2. The molecule has 0 aromatic heterocycles. The minimum atomic E-state index is -0.293. The topological polar surface area (TPSA) is 50.8 Å². The molecule has 1 fully saturated rings. The van der Waals surface area contributed by atoms with Gasteiger partial charge in [-0.1, -0.05) is 0 Å². The molecule has 1 aliphatic heterocycles. The molecular formula is C8H17ClN2O3. The Morgan fingerprint density at radius 3 is 2.79 bits per heavy atom. The maximum atomic E-state index is 11.6. The molecule has 1 rings (SSSR count). The fourth-order valence-electron chi connectivity index (χ4n) is 1.30. The van der Waals surface area contributed by atoms with E-state index in [2.05, 4.69) is 5.32 Å². The van der Waals surface area contributed by atoms with Crippen LogP contribution in [0.2, 0.25) is 0 Å². The molecule has 1 aliphatic rings. The maximum absolute atomic E-state index is 11.6. The molecule has 0 radical (unpaired) electrons. The van der Waals surface area contributed by atoms with Gasteiger partial charge in [0.1, 0.15) is 6.04 Å². The van der Waals surface area contributed by atoms with Gasteiger partial charge >= 0.3 is 0 Å². The van der Waals surface area contributed by atoms with Crippen LogP contribution in [0.25, 0.3) is 0 Å². The maximum Gasteiger partial charge on any atom is 0.265 e. The second-order valence-corrected chi connectivity index (χ2v) is 3.03. The molecule has 84 valence electrons. The number of nitrogens with zero attached hydrogens (tertiary/aromatic N) is 1. The van der Waals surface area contributed by atoms with E-state index in [9.17, 15) is 4.79 Å². The Labute approximate surface area is 90.1 Å². The first kappa shape index (κ1) is 13.6. The van der Waals surface area contributed by atoms with E-state index >= 15 is 0 Å². The van der Waals surface area contributed by atoms with E-state index in [0.29, 0.717) is 13.2 Å². The smallest absolute Gasteiger partial charge is 0.265 e. The normalized spacial score (nSPS) is 26.5. The molecule has 1 amide bonds. The highest BCUT2D eigenvalue weighted by Crippen LogP contribution is 2.06. The van der Waals surface area contributed by atoms with Gasteiger partial charge in [0, 0.05) is 13.6 Å². The molecule has 0 spiro atoms. The molecule has 5 nitrogen and oxygen atoms in total. The fourth-order valence-corrected chi connectivity index (χ4v) is 1.30. The zero-order valence-electron chi connectivity index (χ0n) is 8.65. The first-order valence-corrected chi connectivity index (χ1v) is 4.33. The Morgan fingerprint density at radius 1 is 1.64 bits per heavy atom. The van der Waals surface area contributed by atoms with E-state index < -0.39 is 0 Å². The predicted octanol–water partition coefficient (Wildman–Crippen LogP) is -0.195. The summed E-state index contributed by atoms with van der Waals surface area (Å²) < 4.78 is 5.34. The predicted molar refractivity (Wildman–Crippen MR) is 54.2 cm³/mol. The summed E-state index contributed by atoms with van der Waals surface area (Å²) in [5, 5.41) is 4.30. The minimum absolute atomic E-state index is 0. The van der Waals surface area contributed by atoms with E-state index in [-0.39, 0.29) is 30.5 Å². The van der Waals surface area contributed by atoms with Crippen LogP contribution in [-0.2, 0) is 14.4 Å². The number of hydroxylamine groups is 2. The van der Waals surface area contributed by atoms with Crippen LogP contribution in [0.4, 0.5) is 0 Å². The Morgan fingerprint density at radius 2 is 2.29 bits per heavy atom. The van der Waals surface area contributed by atoms with E-state index in [0.717, 1.165) is 0 Å². The molecule has 2 atom stereocenters. The van der Waals surface area contributed by atoms with Gasteiger partial charge < -0.3 is 10.1 Å². The van der Waals surface area contributed by atoms with Gasteiger partial charge in [-0.05, 0) is 6.92 Å². The molecule has 0 bridgehead atoms. The number of halogens is 1. The van der Waals surface area contributed by atoms with Crippen molar-refractivity contribution in [1.29, 1.82) is 0 Å². The number of hydrogen-bond acceptors (Lipinski definition) is 4. The van der Waals surface area contributed by atoms with Crippen LogP contribution < -0.4 is 5.32 Å². The van der Waals surface area contributed by atoms with Crippen molar-refractivity contribution in [3.8, 4) is 0 Å². The molecule has 0 aromatic carbocycles. The van der Waals surface area contributed by atoms with Crippen LogP contribution >= 0.6 is 12.4 Å². The summed E-state index contributed by atoms with van der Waals surface area (Å²) in [6.45, 7) is 3.23. The highest BCUT2D eigenvalue weighted by atomic mass is 35.5. The van der Waals surface area contributed by atoms with E-state index in [1.165, 1.54) is 12.2 Å². The van der Waals surface area contributed by atoms with Crippen LogP contribution in [0, 0.1) is 0 Å². The highest BCUT2D eigenvalue weighted by Gasteiger charge is 2.30. The largest absolute Gasteiger partial charge is 0.375 e. The van der Waals surface area contributed by atoms with E-state index in [1.54, 1.807) is 7.05 Å². The third-order valence-corrected chi connectivity index (χ3v) is 2.17. The van der Waals surface area contributed by atoms with Crippen LogP contribution in [0.15, 0.2) is 0 Å². The summed E-state index contributed by atoms with van der Waals surface area (Å²) in [5.74, 6) is -0.102. The monoisotopic (exact) mass is 224 g/mol. The lowest BCUT2D eigenvalue weighted by atomic mass is 10.1.